The van der Waals surface area contributed by atoms with E-state index in [1.165, 1.54) is 0 Å². The first kappa shape index (κ1) is 21.4. The Labute approximate surface area is 148 Å². The Hall–Kier alpha value is -2.69. The summed E-state index contributed by atoms with van der Waals surface area (Å²) in [4.78, 5) is 57.7. The lowest BCUT2D eigenvalue weighted by Crippen LogP contribution is -2.64. The standard InChI is InChI=1S/C15H20O11/c1-6(16)22-10-11(23-7(2)17)13(24-8(3)18)15(25-9(4)19)26-12(10)14(20)21-5/h10-13,15H,1-5H3/t10-,11+,12-,13+,15+/m0/s1. The van der Waals surface area contributed by atoms with Crippen LogP contribution in [0.4, 0.5) is 0 Å². The molecule has 0 aromatic heterocycles. The van der Waals surface area contributed by atoms with Crippen LogP contribution in [-0.2, 0) is 52.4 Å². The summed E-state index contributed by atoms with van der Waals surface area (Å²) in [7, 11) is 1.05. The number of methoxy groups -OCH3 is 1. The molecule has 0 unspecified atom stereocenters. The van der Waals surface area contributed by atoms with Crippen LogP contribution in [0.5, 0.6) is 0 Å². The average molecular weight is 376 g/mol. The van der Waals surface area contributed by atoms with E-state index in [9.17, 15) is 24.0 Å². The number of rotatable bonds is 5. The molecule has 0 saturated carbocycles. The largest absolute Gasteiger partial charge is 0.467 e. The quantitative estimate of drug-likeness (QED) is 0.441. The van der Waals surface area contributed by atoms with Crippen molar-refractivity contribution in [1.82, 2.24) is 0 Å². The Bertz CT molecular complexity index is 584. The molecule has 1 aliphatic rings. The maximum absolute atomic E-state index is 12.0. The van der Waals surface area contributed by atoms with Gasteiger partial charge in [-0.05, 0) is 0 Å². The molecule has 11 nitrogen and oxygen atoms in total. The van der Waals surface area contributed by atoms with Gasteiger partial charge in [0.2, 0.25) is 12.4 Å². The number of carbonyl (C=O) groups is 5. The molecule has 0 aromatic rings. The Morgan fingerprint density at radius 1 is 0.654 bits per heavy atom. The lowest BCUT2D eigenvalue weighted by molar-refractivity contribution is -0.294. The normalized spacial score (nSPS) is 27.7. The molecule has 0 amide bonds. The first-order valence-electron chi connectivity index (χ1n) is 7.49. The molecule has 11 heteroatoms. The maximum atomic E-state index is 12.0. The highest BCUT2D eigenvalue weighted by Crippen LogP contribution is 2.30. The van der Waals surface area contributed by atoms with Crippen LogP contribution in [-0.4, -0.2) is 67.7 Å². The fourth-order valence-electron chi connectivity index (χ4n) is 2.34. The highest BCUT2D eigenvalue weighted by Gasteiger charge is 2.56. The second kappa shape index (κ2) is 9.13. The highest BCUT2D eigenvalue weighted by molar-refractivity contribution is 5.77. The van der Waals surface area contributed by atoms with Crippen LogP contribution in [0.25, 0.3) is 0 Å². The lowest BCUT2D eigenvalue weighted by atomic mass is 9.97. The molecule has 0 spiro atoms. The first-order valence-corrected chi connectivity index (χ1v) is 7.49. The SMILES string of the molecule is COC(=O)[C@H]1O[C@@H](OC(C)=O)[C@H](OC(C)=O)[C@H](OC(C)=O)[C@@H]1OC(C)=O. The van der Waals surface area contributed by atoms with Crippen molar-refractivity contribution in [2.24, 2.45) is 0 Å². The average Bonchev–Trinajstić information content (AvgIpc) is 2.50. The van der Waals surface area contributed by atoms with E-state index in [-0.39, 0.29) is 0 Å². The summed E-state index contributed by atoms with van der Waals surface area (Å²) in [6, 6.07) is 0. The van der Waals surface area contributed by atoms with Gasteiger partial charge in [-0.3, -0.25) is 19.2 Å². The summed E-state index contributed by atoms with van der Waals surface area (Å²) in [5.74, 6) is -4.25. The summed E-state index contributed by atoms with van der Waals surface area (Å²) >= 11 is 0. The molecule has 26 heavy (non-hydrogen) atoms. The summed E-state index contributed by atoms with van der Waals surface area (Å²) in [5, 5.41) is 0. The summed E-state index contributed by atoms with van der Waals surface area (Å²) in [6.45, 7) is 4.22. The van der Waals surface area contributed by atoms with Crippen LogP contribution in [0.1, 0.15) is 27.7 Å². The monoisotopic (exact) mass is 376 g/mol. The molecule has 146 valence electrons. The zero-order valence-electron chi connectivity index (χ0n) is 14.9. The van der Waals surface area contributed by atoms with Gasteiger partial charge in [-0.15, -0.1) is 0 Å². The number of esters is 5. The minimum absolute atomic E-state index is 0.814. The third-order valence-corrected chi connectivity index (χ3v) is 3.12. The van der Waals surface area contributed by atoms with E-state index in [2.05, 4.69) is 4.74 Å². The van der Waals surface area contributed by atoms with Crippen LogP contribution in [0.2, 0.25) is 0 Å². The third-order valence-electron chi connectivity index (χ3n) is 3.12. The molecule has 1 rings (SSSR count). The van der Waals surface area contributed by atoms with E-state index in [0.717, 1.165) is 34.8 Å². The van der Waals surface area contributed by atoms with Gasteiger partial charge in [0.25, 0.3) is 0 Å². The molecule has 5 atom stereocenters. The van der Waals surface area contributed by atoms with Crippen LogP contribution < -0.4 is 0 Å². The number of hydrogen-bond acceptors (Lipinski definition) is 11. The Kier molecular flexibility index (Phi) is 7.50. The number of carbonyl (C=O) groups excluding carboxylic acids is 5. The minimum atomic E-state index is -1.60. The Morgan fingerprint density at radius 3 is 1.50 bits per heavy atom. The zero-order valence-corrected chi connectivity index (χ0v) is 14.9. The molecule has 0 aromatic carbocycles. The molecule has 0 N–H and O–H groups in total. The van der Waals surface area contributed by atoms with E-state index in [1.54, 1.807) is 0 Å². The molecular formula is C15H20O11. The van der Waals surface area contributed by atoms with Gasteiger partial charge >= 0.3 is 29.8 Å². The zero-order chi connectivity index (χ0) is 20.0. The predicted octanol–water partition coefficient (Wildman–Crippen LogP) is -0.757. The molecule has 0 bridgehead atoms. The van der Waals surface area contributed by atoms with Crippen molar-refractivity contribution >= 4 is 29.8 Å². The molecular weight excluding hydrogens is 356 g/mol. The van der Waals surface area contributed by atoms with E-state index in [1.807, 2.05) is 0 Å². The maximum Gasteiger partial charge on any atom is 0.339 e. The molecule has 1 saturated heterocycles. The molecule has 1 aliphatic heterocycles. The number of ether oxygens (including phenoxy) is 6. The van der Waals surface area contributed by atoms with Gasteiger partial charge in [0, 0.05) is 27.7 Å². The fourth-order valence-corrected chi connectivity index (χ4v) is 2.34. The second-order valence-electron chi connectivity index (χ2n) is 5.28. The van der Waals surface area contributed by atoms with Gasteiger partial charge in [0.15, 0.2) is 18.3 Å². The van der Waals surface area contributed by atoms with Crippen LogP contribution in [0.15, 0.2) is 0 Å². The predicted molar refractivity (Wildman–Crippen MR) is 79.1 cm³/mol. The van der Waals surface area contributed by atoms with E-state index >= 15 is 0 Å². The highest BCUT2D eigenvalue weighted by atomic mass is 16.7. The third kappa shape index (κ3) is 5.69. The summed E-state index contributed by atoms with van der Waals surface area (Å²) < 4.78 is 30.0. The van der Waals surface area contributed by atoms with Crippen LogP contribution in [0, 0.1) is 0 Å². The van der Waals surface area contributed by atoms with Gasteiger partial charge in [-0.25, -0.2) is 4.79 Å². The Morgan fingerprint density at radius 2 is 1.08 bits per heavy atom. The van der Waals surface area contributed by atoms with Gasteiger partial charge in [0.05, 0.1) is 7.11 Å². The lowest BCUT2D eigenvalue weighted by Gasteiger charge is -2.42. The summed E-state index contributed by atoms with van der Waals surface area (Å²) in [6.07, 6.45) is -7.66. The van der Waals surface area contributed by atoms with Crippen LogP contribution in [0.3, 0.4) is 0 Å². The van der Waals surface area contributed by atoms with Crippen molar-refractivity contribution in [3.63, 3.8) is 0 Å². The van der Waals surface area contributed by atoms with Gasteiger partial charge in [-0.1, -0.05) is 0 Å². The fraction of sp³-hybridized carbons (Fsp3) is 0.667. The van der Waals surface area contributed by atoms with E-state index in [0.29, 0.717) is 0 Å². The van der Waals surface area contributed by atoms with Crippen molar-refractivity contribution < 1.29 is 52.4 Å². The molecule has 0 aliphatic carbocycles. The molecule has 1 fully saturated rings. The molecule has 1 heterocycles. The van der Waals surface area contributed by atoms with Crippen molar-refractivity contribution in [1.29, 1.82) is 0 Å². The van der Waals surface area contributed by atoms with E-state index < -0.39 is 60.6 Å². The second-order valence-corrected chi connectivity index (χ2v) is 5.28. The first-order chi connectivity index (χ1) is 12.1. The smallest absolute Gasteiger partial charge is 0.339 e. The Balaban J connectivity index is 3.37. The van der Waals surface area contributed by atoms with Gasteiger partial charge < -0.3 is 28.4 Å². The van der Waals surface area contributed by atoms with Gasteiger partial charge in [0.1, 0.15) is 0 Å². The van der Waals surface area contributed by atoms with Crippen molar-refractivity contribution in [2.75, 3.05) is 7.11 Å². The number of hydrogen-bond donors (Lipinski definition) is 0. The topological polar surface area (TPSA) is 141 Å². The van der Waals surface area contributed by atoms with Crippen LogP contribution >= 0.6 is 0 Å². The summed E-state index contributed by atoms with van der Waals surface area (Å²) in [5.41, 5.74) is 0. The van der Waals surface area contributed by atoms with Crippen molar-refractivity contribution in [3.8, 4) is 0 Å². The minimum Gasteiger partial charge on any atom is -0.467 e. The molecule has 0 radical (unpaired) electrons. The van der Waals surface area contributed by atoms with E-state index in [4.69, 9.17) is 23.7 Å². The van der Waals surface area contributed by atoms with Gasteiger partial charge in [-0.2, -0.15) is 0 Å². The van der Waals surface area contributed by atoms with Crippen molar-refractivity contribution in [3.05, 3.63) is 0 Å². The van der Waals surface area contributed by atoms with Crippen molar-refractivity contribution in [2.45, 2.75) is 58.4 Å².